The molecule has 1 fully saturated rings. The van der Waals surface area contributed by atoms with Gasteiger partial charge in [-0.15, -0.1) is 0 Å². The first-order chi connectivity index (χ1) is 11.0. The third-order valence-corrected chi connectivity index (χ3v) is 3.82. The molecule has 1 aliphatic heterocycles. The molecule has 0 aliphatic carbocycles. The molecule has 0 radical (unpaired) electrons. The minimum Gasteiger partial charge on any atom is -0.365 e. The van der Waals surface area contributed by atoms with Crippen molar-refractivity contribution in [2.45, 2.75) is 26.3 Å². The Balaban J connectivity index is 1.99. The van der Waals surface area contributed by atoms with Gasteiger partial charge < -0.3 is 10.2 Å². The average Bonchev–Trinajstić information content (AvgIpc) is 2.72. The fourth-order valence-electron chi connectivity index (χ4n) is 2.83. The van der Waals surface area contributed by atoms with Crippen LogP contribution in [0.15, 0.2) is 24.3 Å². The average molecular weight is 320 g/mol. The van der Waals surface area contributed by atoms with Gasteiger partial charge in [-0.1, -0.05) is 12.1 Å². The Kier molecular flexibility index (Phi) is 5.92. The molecule has 7 nitrogen and oxygen atoms in total. The van der Waals surface area contributed by atoms with Crippen LogP contribution in [-0.2, 0) is 4.79 Å². The van der Waals surface area contributed by atoms with Crippen LogP contribution in [0, 0.1) is 10.1 Å². The first-order valence-corrected chi connectivity index (χ1v) is 7.97. The number of carbonyl (C=O) groups is 1. The van der Waals surface area contributed by atoms with Crippen LogP contribution in [0.25, 0.3) is 0 Å². The molecule has 0 unspecified atom stereocenters. The number of benzene rings is 1. The standard InChI is InChI=1S/C16H24N4O3/c1-13(2)17-16(21)12-18-8-5-9-19(11-10-18)14-6-3-4-7-15(14)20(22)23/h3-4,6-7,13H,5,8-12H2,1-2H3,(H,17,21). The van der Waals surface area contributed by atoms with Crippen LogP contribution in [0.3, 0.4) is 0 Å². The first-order valence-electron chi connectivity index (χ1n) is 7.97. The molecule has 23 heavy (non-hydrogen) atoms. The van der Waals surface area contributed by atoms with Gasteiger partial charge in [0.2, 0.25) is 5.91 Å². The number of nitro groups is 1. The molecule has 0 atom stereocenters. The molecule has 1 heterocycles. The normalized spacial score (nSPS) is 16.2. The van der Waals surface area contributed by atoms with E-state index in [0.29, 0.717) is 18.8 Å². The molecule has 0 bridgehead atoms. The first kappa shape index (κ1) is 17.2. The fourth-order valence-corrected chi connectivity index (χ4v) is 2.83. The van der Waals surface area contributed by atoms with E-state index in [4.69, 9.17) is 0 Å². The quantitative estimate of drug-likeness (QED) is 0.659. The third kappa shape index (κ3) is 4.92. The van der Waals surface area contributed by atoms with Crippen molar-refractivity contribution in [2.24, 2.45) is 0 Å². The van der Waals surface area contributed by atoms with Gasteiger partial charge in [0.15, 0.2) is 0 Å². The number of nitrogens with one attached hydrogen (secondary N) is 1. The summed E-state index contributed by atoms with van der Waals surface area (Å²) in [6.45, 7) is 7.24. The van der Waals surface area contributed by atoms with E-state index >= 15 is 0 Å². The molecule has 1 N–H and O–H groups in total. The lowest BCUT2D eigenvalue weighted by Gasteiger charge is -2.23. The molecule has 1 saturated heterocycles. The van der Waals surface area contributed by atoms with E-state index in [-0.39, 0.29) is 22.6 Å². The van der Waals surface area contributed by atoms with Gasteiger partial charge in [0.1, 0.15) is 5.69 Å². The van der Waals surface area contributed by atoms with Gasteiger partial charge in [0, 0.05) is 38.3 Å². The van der Waals surface area contributed by atoms with Crippen molar-refractivity contribution in [3.05, 3.63) is 34.4 Å². The van der Waals surface area contributed by atoms with E-state index < -0.39 is 0 Å². The van der Waals surface area contributed by atoms with E-state index in [1.807, 2.05) is 24.8 Å². The van der Waals surface area contributed by atoms with Crippen LogP contribution in [0.2, 0.25) is 0 Å². The van der Waals surface area contributed by atoms with E-state index in [9.17, 15) is 14.9 Å². The lowest BCUT2D eigenvalue weighted by molar-refractivity contribution is -0.384. The fraction of sp³-hybridized carbons (Fsp3) is 0.562. The lowest BCUT2D eigenvalue weighted by atomic mass is 10.2. The summed E-state index contributed by atoms with van der Waals surface area (Å²) in [6.07, 6.45) is 0.876. The maximum atomic E-state index is 11.9. The van der Waals surface area contributed by atoms with E-state index in [1.54, 1.807) is 12.1 Å². The largest absolute Gasteiger partial charge is 0.365 e. The van der Waals surface area contributed by atoms with E-state index in [0.717, 1.165) is 26.1 Å². The number of carbonyl (C=O) groups excluding carboxylic acids is 1. The maximum absolute atomic E-state index is 11.9. The minimum absolute atomic E-state index is 0.0270. The number of hydrogen-bond acceptors (Lipinski definition) is 5. The Morgan fingerprint density at radius 3 is 2.70 bits per heavy atom. The molecule has 1 aromatic carbocycles. The highest BCUT2D eigenvalue weighted by Gasteiger charge is 2.22. The number of amides is 1. The number of nitrogens with zero attached hydrogens (tertiary/aromatic N) is 3. The number of anilines is 1. The summed E-state index contributed by atoms with van der Waals surface area (Å²) in [6, 6.07) is 6.97. The van der Waals surface area contributed by atoms with Gasteiger partial charge in [0.05, 0.1) is 11.5 Å². The minimum atomic E-state index is -0.339. The van der Waals surface area contributed by atoms with Gasteiger partial charge in [-0.25, -0.2) is 0 Å². The van der Waals surface area contributed by atoms with Crippen LogP contribution >= 0.6 is 0 Å². The summed E-state index contributed by atoms with van der Waals surface area (Å²) in [5.41, 5.74) is 0.796. The zero-order chi connectivity index (χ0) is 16.8. The summed E-state index contributed by atoms with van der Waals surface area (Å²) in [5.74, 6) is 0.0270. The summed E-state index contributed by atoms with van der Waals surface area (Å²) in [4.78, 5) is 26.9. The predicted octanol–water partition coefficient (Wildman–Crippen LogP) is 1.63. The van der Waals surface area contributed by atoms with Crippen LogP contribution in [-0.4, -0.2) is 54.5 Å². The van der Waals surface area contributed by atoms with Gasteiger partial charge >= 0.3 is 0 Å². The zero-order valence-corrected chi connectivity index (χ0v) is 13.7. The highest BCUT2D eigenvalue weighted by molar-refractivity contribution is 5.78. The maximum Gasteiger partial charge on any atom is 0.292 e. The van der Waals surface area contributed by atoms with Crippen LogP contribution in [0.1, 0.15) is 20.3 Å². The summed E-state index contributed by atoms with van der Waals surface area (Å²) < 4.78 is 0. The number of nitro benzene ring substituents is 1. The van der Waals surface area contributed by atoms with Gasteiger partial charge in [-0.2, -0.15) is 0 Å². The molecule has 0 saturated carbocycles. The van der Waals surface area contributed by atoms with Crippen LogP contribution in [0.5, 0.6) is 0 Å². The Hall–Kier alpha value is -2.15. The van der Waals surface area contributed by atoms with E-state index in [1.165, 1.54) is 6.07 Å². The Morgan fingerprint density at radius 1 is 1.26 bits per heavy atom. The van der Waals surface area contributed by atoms with Gasteiger partial charge in [-0.05, 0) is 26.3 Å². The van der Waals surface area contributed by atoms with E-state index in [2.05, 4.69) is 10.2 Å². The van der Waals surface area contributed by atoms with Crippen molar-refractivity contribution in [3.8, 4) is 0 Å². The van der Waals surface area contributed by atoms with Crippen molar-refractivity contribution in [1.82, 2.24) is 10.2 Å². The van der Waals surface area contributed by atoms with Crippen molar-refractivity contribution in [3.63, 3.8) is 0 Å². The Bertz CT molecular complexity index is 562. The summed E-state index contributed by atoms with van der Waals surface area (Å²) >= 11 is 0. The highest BCUT2D eigenvalue weighted by Crippen LogP contribution is 2.28. The highest BCUT2D eigenvalue weighted by atomic mass is 16.6. The molecule has 2 rings (SSSR count). The second kappa shape index (κ2) is 7.92. The second-order valence-corrected chi connectivity index (χ2v) is 6.08. The number of para-hydroxylation sites is 2. The Morgan fingerprint density at radius 2 is 2.00 bits per heavy atom. The number of rotatable bonds is 5. The van der Waals surface area contributed by atoms with Crippen molar-refractivity contribution in [2.75, 3.05) is 37.6 Å². The molecule has 1 amide bonds. The van der Waals surface area contributed by atoms with Gasteiger partial charge in [-0.3, -0.25) is 19.8 Å². The molecule has 0 spiro atoms. The van der Waals surface area contributed by atoms with Gasteiger partial charge in [0.25, 0.3) is 5.69 Å². The molecule has 7 heteroatoms. The SMILES string of the molecule is CC(C)NC(=O)CN1CCCN(c2ccccc2[N+](=O)[O-])CC1. The topological polar surface area (TPSA) is 78.7 Å². The molecule has 0 aromatic heterocycles. The lowest BCUT2D eigenvalue weighted by Crippen LogP contribution is -2.41. The summed E-state index contributed by atoms with van der Waals surface area (Å²) in [5, 5.41) is 14.1. The molecular formula is C16H24N4O3. The van der Waals surface area contributed by atoms with Crippen molar-refractivity contribution >= 4 is 17.3 Å². The molecule has 1 aromatic rings. The Labute approximate surface area is 136 Å². The monoisotopic (exact) mass is 320 g/mol. The van der Waals surface area contributed by atoms with Crippen molar-refractivity contribution < 1.29 is 9.72 Å². The number of hydrogen-bond donors (Lipinski definition) is 1. The van der Waals surface area contributed by atoms with Crippen molar-refractivity contribution in [1.29, 1.82) is 0 Å². The zero-order valence-electron chi connectivity index (χ0n) is 13.7. The van der Waals surface area contributed by atoms with Crippen LogP contribution < -0.4 is 10.2 Å². The van der Waals surface area contributed by atoms with Crippen LogP contribution in [0.4, 0.5) is 11.4 Å². The molecule has 1 aliphatic rings. The molecule has 126 valence electrons. The predicted molar refractivity (Wildman–Crippen MR) is 89.6 cm³/mol. The third-order valence-electron chi connectivity index (χ3n) is 3.82. The summed E-state index contributed by atoms with van der Waals surface area (Å²) in [7, 11) is 0. The second-order valence-electron chi connectivity index (χ2n) is 6.08. The smallest absolute Gasteiger partial charge is 0.292 e. The molecular weight excluding hydrogens is 296 g/mol.